The molecule has 0 spiro atoms. The van der Waals surface area contributed by atoms with Crippen molar-refractivity contribution in [1.82, 2.24) is 0 Å². The van der Waals surface area contributed by atoms with Crippen molar-refractivity contribution in [3.8, 4) is 0 Å². The van der Waals surface area contributed by atoms with Gasteiger partial charge in [0.05, 0.1) is 6.10 Å². The Bertz CT molecular complexity index is 167. The second kappa shape index (κ2) is 8.69. The number of aliphatic hydroxyl groups excluding tert-OH is 1. The summed E-state index contributed by atoms with van der Waals surface area (Å²) in [5, 5.41) is 9.68. The van der Waals surface area contributed by atoms with E-state index in [2.05, 4.69) is 13.2 Å². The average Bonchev–Trinajstić information content (AvgIpc) is 2.16. The Morgan fingerprint density at radius 1 is 1.43 bits per heavy atom. The third-order valence-corrected chi connectivity index (χ3v) is 4.24. The van der Waals surface area contributed by atoms with E-state index in [1.807, 2.05) is 31.7 Å². The normalized spacial score (nSPS) is 14.9. The molecule has 14 heavy (non-hydrogen) atoms. The minimum absolute atomic E-state index is 0.299. The number of aliphatic hydroxyl groups is 1. The van der Waals surface area contributed by atoms with Gasteiger partial charge in [-0.3, -0.25) is 0 Å². The molecule has 1 atom stereocenters. The van der Waals surface area contributed by atoms with Gasteiger partial charge in [-0.05, 0) is 30.4 Å². The summed E-state index contributed by atoms with van der Waals surface area (Å²) in [5.41, 5.74) is 0. The number of hydrogen-bond donors (Lipinski definition) is 1. The zero-order valence-electron chi connectivity index (χ0n) is 9.62. The summed E-state index contributed by atoms with van der Waals surface area (Å²) in [6, 6.07) is 0. The summed E-state index contributed by atoms with van der Waals surface area (Å²) >= 11 is 3.59. The van der Waals surface area contributed by atoms with Crippen LogP contribution in [0.2, 0.25) is 0 Å². The van der Waals surface area contributed by atoms with E-state index in [1.165, 1.54) is 17.1 Å². The first-order chi connectivity index (χ1) is 6.61. The number of unbranched alkanes of at least 4 members (excludes halogenated alkanes) is 1. The molecule has 1 N–H and O–H groups in total. The Morgan fingerprint density at radius 3 is 2.50 bits per heavy atom. The highest BCUT2D eigenvalue weighted by molar-refractivity contribution is 8.21. The summed E-state index contributed by atoms with van der Waals surface area (Å²) < 4.78 is 1.25. The first-order valence-electron chi connectivity index (χ1n) is 5.18. The molecular formula is C11H22OS2. The highest BCUT2D eigenvalue weighted by Crippen LogP contribution is 2.28. The average molecular weight is 234 g/mol. The van der Waals surface area contributed by atoms with Crippen molar-refractivity contribution in [2.45, 2.75) is 39.7 Å². The molecule has 0 aliphatic heterocycles. The van der Waals surface area contributed by atoms with Gasteiger partial charge in [-0.15, -0.1) is 23.5 Å². The molecule has 0 bridgehead atoms. The van der Waals surface area contributed by atoms with E-state index in [4.69, 9.17) is 0 Å². The van der Waals surface area contributed by atoms with Gasteiger partial charge in [0.2, 0.25) is 0 Å². The predicted octanol–water partition coefficient (Wildman–Crippen LogP) is 3.74. The van der Waals surface area contributed by atoms with Crippen LogP contribution in [0.15, 0.2) is 10.3 Å². The molecule has 1 nitrogen and oxygen atoms in total. The lowest BCUT2D eigenvalue weighted by atomic mass is 10.1. The number of rotatable bonds is 7. The maximum absolute atomic E-state index is 9.68. The summed E-state index contributed by atoms with van der Waals surface area (Å²) in [4.78, 5) is 0. The van der Waals surface area contributed by atoms with Crippen molar-refractivity contribution < 1.29 is 5.11 Å². The second-order valence-electron chi connectivity index (χ2n) is 3.63. The van der Waals surface area contributed by atoms with E-state index < -0.39 is 0 Å². The van der Waals surface area contributed by atoms with E-state index in [1.54, 1.807) is 11.8 Å². The Labute approximate surface area is 96.7 Å². The van der Waals surface area contributed by atoms with Crippen LogP contribution in [0, 0.1) is 5.92 Å². The molecule has 0 aromatic heterocycles. The molecule has 1 unspecified atom stereocenters. The quantitative estimate of drug-likeness (QED) is 0.678. The van der Waals surface area contributed by atoms with Gasteiger partial charge in [-0.25, -0.2) is 0 Å². The molecule has 0 aliphatic carbocycles. The van der Waals surface area contributed by atoms with Gasteiger partial charge in [0.1, 0.15) is 0 Å². The van der Waals surface area contributed by atoms with Crippen LogP contribution in [0.5, 0.6) is 0 Å². The molecule has 0 fully saturated rings. The van der Waals surface area contributed by atoms with Gasteiger partial charge in [0, 0.05) is 4.24 Å². The summed E-state index contributed by atoms with van der Waals surface area (Å²) in [6.45, 7) is 6.28. The molecule has 0 radical (unpaired) electrons. The zero-order valence-corrected chi connectivity index (χ0v) is 11.3. The summed E-state index contributed by atoms with van der Waals surface area (Å²) in [5.74, 6) is 1.47. The largest absolute Gasteiger partial charge is 0.389 e. The van der Waals surface area contributed by atoms with Gasteiger partial charge >= 0.3 is 0 Å². The second-order valence-corrected chi connectivity index (χ2v) is 5.87. The molecule has 0 aromatic rings. The van der Waals surface area contributed by atoms with Crippen LogP contribution in [0.1, 0.15) is 33.6 Å². The smallest absolute Gasteiger partial charge is 0.0762 e. The topological polar surface area (TPSA) is 20.2 Å². The van der Waals surface area contributed by atoms with Crippen molar-refractivity contribution in [1.29, 1.82) is 0 Å². The van der Waals surface area contributed by atoms with Crippen LogP contribution in [-0.4, -0.2) is 23.2 Å². The highest BCUT2D eigenvalue weighted by atomic mass is 32.2. The van der Waals surface area contributed by atoms with Crippen LogP contribution < -0.4 is 0 Å². The molecule has 0 heterocycles. The maximum Gasteiger partial charge on any atom is 0.0762 e. The van der Waals surface area contributed by atoms with Crippen LogP contribution in [0.3, 0.4) is 0 Å². The molecule has 0 aromatic carbocycles. The van der Waals surface area contributed by atoms with Gasteiger partial charge in [0.25, 0.3) is 0 Å². The standard InChI is InChI=1S/C11H22OS2/c1-5-6-7-14-11(13-4)8-10(12)9(2)3/h8-10,12H,5-7H2,1-4H3/b11-8+. The summed E-state index contributed by atoms with van der Waals surface area (Å²) in [7, 11) is 0. The van der Waals surface area contributed by atoms with E-state index in [0.717, 1.165) is 5.75 Å². The van der Waals surface area contributed by atoms with Crippen LogP contribution in [0.25, 0.3) is 0 Å². The molecular weight excluding hydrogens is 212 g/mol. The minimum Gasteiger partial charge on any atom is -0.389 e. The molecule has 0 saturated heterocycles. The van der Waals surface area contributed by atoms with Crippen molar-refractivity contribution in [2.24, 2.45) is 5.92 Å². The molecule has 84 valence electrons. The minimum atomic E-state index is -0.299. The van der Waals surface area contributed by atoms with Gasteiger partial charge < -0.3 is 5.11 Å². The van der Waals surface area contributed by atoms with Crippen molar-refractivity contribution >= 4 is 23.5 Å². The Kier molecular flexibility index (Phi) is 8.94. The zero-order chi connectivity index (χ0) is 11.0. The van der Waals surface area contributed by atoms with Crippen LogP contribution in [0.4, 0.5) is 0 Å². The SMILES string of the molecule is CCCCS/C(=C/C(O)C(C)C)SC. The van der Waals surface area contributed by atoms with Crippen molar-refractivity contribution in [3.05, 3.63) is 10.3 Å². The van der Waals surface area contributed by atoms with Gasteiger partial charge in [-0.2, -0.15) is 0 Å². The molecule has 0 saturated carbocycles. The number of thioether (sulfide) groups is 2. The van der Waals surface area contributed by atoms with Crippen LogP contribution >= 0.6 is 23.5 Å². The van der Waals surface area contributed by atoms with E-state index in [-0.39, 0.29) is 6.10 Å². The fourth-order valence-corrected chi connectivity index (χ4v) is 2.69. The highest BCUT2D eigenvalue weighted by Gasteiger charge is 2.07. The Balaban J connectivity index is 3.97. The third kappa shape index (κ3) is 6.80. The lowest BCUT2D eigenvalue weighted by molar-refractivity contribution is 0.172. The first-order valence-corrected chi connectivity index (χ1v) is 7.39. The van der Waals surface area contributed by atoms with E-state index >= 15 is 0 Å². The Hall–Kier alpha value is 0.400. The Morgan fingerprint density at radius 2 is 2.07 bits per heavy atom. The molecule has 0 amide bonds. The van der Waals surface area contributed by atoms with Crippen LogP contribution in [-0.2, 0) is 0 Å². The number of hydrogen-bond acceptors (Lipinski definition) is 3. The van der Waals surface area contributed by atoms with E-state index in [0.29, 0.717) is 5.92 Å². The summed E-state index contributed by atoms with van der Waals surface area (Å²) in [6.07, 6.45) is 6.24. The molecule has 0 aliphatic rings. The fourth-order valence-electron chi connectivity index (χ4n) is 0.824. The van der Waals surface area contributed by atoms with Crippen molar-refractivity contribution in [3.63, 3.8) is 0 Å². The lowest BCUT2D eigenvalue weighted by Gasteiger charge is -2.11. The van der Waals surface area contributed by atoms with Gasteiger partial charge in [0.15, 0.2) is 0 Å². The fraction of sp³-hybridized carbons (Fsp3) is 0.818. The predicted molar refractivity (Wildman–Crippen MR) is 69.8 cm³/mol. The first kappa shape index (κ1) is 14.4. The lowest BCUT2D eigenvalue weighted by Crippen LogP contribution is -2.11. The maximum atomic E-state index is 9.68. The molecule has 3 heteroatoms. The third-order valence-electron chi connectivity index (χ3n) is 1.93. The molecule has 0 rings (SSSR count). The van der Waals surface area contributed by atoms with Crippen molar-refractivity contribution in [2.75, 3.05) is 12.0 Å². The monoisotopic (exact) mass is 234 g/mol. The van der Waals surface area contributed by atoms with E-state index in [9.17, 15) is 5.11 Å². The van der Waals surface area contributed by atoms with Gasteiger partial charge in [-0.1, -0.05) is 27.2 Å².